The van der Waals surface area contributed by atoms with E-state index in [0.29, 0.717) is 0 Å². The molecule has 0 aromatic heterocycles. The molecule has 0 radical (unpaired) electrons. The Hall–Kier alpha value is -1.10. The summed E-state index contributed by atoms with van der Waals surface area (Å²) in [6, 6.07) is -1.59. The molecule has 0 spiro atoms. The van der Waals surface area contributed by atoms with Crippen molar-refractivity contribution in [3.8, 4) is 0 Å². The summed E-state index contributed by atoms with van der Waals surface area (Å²) < 4.78 is 0. The summed E-state index contributed by atoms with van der Waals surface area (Å²) in [6.45, 7) is 9.11. The molecule has 1 amide bonds. The van der Waals surface area contributed by atoms with Gasteiger partial charge in [-0.3, -0.25) is 4.79 Å². The van der Waals surface area contributed by atoms with Gasteiger partial charge in [-0.15, -0.1) is 0 Å². The van der Waals surface area contributed by atoms with Crippen molar-refractivity contribution in [2.75, 3.05) is 0 Å². The first-order chi connectivity index (χ1) is 7.61. The highest BCUT2D eigenvalue weighted by Gasteiger charge is 2.34. The maximum Gasteiger partial charge on any atom is 0.326 e. The monoisotopic (exact) mass is 244 g/mol. The first-order valence-electron chi connectivity index (χ1n) is 5.90. The molecule has 3 atom stereocenters. The van der Waals surface area contributed by atoms with Crippen LogP contribution in [0.3, 0.4) is 0 Å². The van der Waals surface area contributed by atoms with Crippen molar-refractivity contribution < 1.29 is 14.7 Å². The lowest BCUT2D eigenvalue weighted by molar-refractivity contribution is -0.145. The fraction of sp³-hybridized carbons (Fsp3) is 0.833. The maximum absolute atomic E-state index is 11.8. The number of hydrogen-bond donors (Lipinski definition) is 3. The third kappa shape index (κ3) is 4.73. The third-order valence-corrected chi connectivity index (χ3v) is 2.96. The van der Waals surface area contributed by atoms with Gasteiger partial charge < -0.3 is 16.2 Å². The third-order valence-electron chi connectivity index (χ3n) is 2.96. The largest absolute Gasteiger partial charge is 0.480 e. The topological polar surface area (TPSA) is 92.4 Å². The van der Waals surface area contributed by atoms with Crippen molar-refractivity contribution in [3.05, 3.63) is 0 Å². The zero-order valence-electron chi connectivity index (χ0n) is 11.3. The summed E-state index contributed by atoms with van der Waals surface area (Å²) in [4.78, 5) is 22.9. The number of nitrogens with two attached hydrogens (primary N) is 1. The predicted octanol–water partition coefficient (Wildman–Crippen LogP) is 0.975. The van der Waals surface area contributed by atoms with Gasteiger partial charge in [-0.05, 0) is 11.3 Å². The second kappa shape index (κ2) is 6.00. The number of aliphatic carboxylic acids is 1. The molecule has 0 aromatic carbocycles. The quantitative estimate of drug-likeness (QED) is 0.672. The van der Waals surface area contributed by atoms with Crippen LogP contribution in [0.1, 0.15) is 41.0 Å². The number of carboxylic acids is 1. The van der Waals surface area contributed by atoms with Crippen LogP contribution in [-0.2, 0) is 9.59 Å². The molecule has 0 rings (SSSR count). The highest BCUT2D eigenvalue weighted by molar-refractivity contribution is 5.87. The molecule has 0 aliphatic carbocycles. The number of amides is 1. The van der Waals surface area contributed by atoms with Gasteiger partial charge >= 0.3 is 5.97 Å². The van der Waals surface area contributed by atoms with Crippen LogP contribution in [0.15, 0.2) is 0 Å². The average molecular weight is 244 g/mol. The van der Waals surface area contributed by atoms with Gasteiger partial charge in [0.1, 0.15) is 6.04 Å². The second-order valence-corrected chi connectivity index (χ2v) is 5.56. The molecule has 5 nitrogen and oxygen atoms in total. The summed E-state index contributed by atoms with van der Waals surface area (Å²) in [6.07, 6.45) is 0.780. The standard InChI is InChI=1S/C12H24N2O3/c1-6-7(2)8(13)10(15)14-9(11(16)17)12(3,4)5/h7-9H,6,13H2,1-5H3,(H,14,15)(H,16,17)/t7-,8-,9+/m0/s1. The van der Waals surface area contributed by atoms with Crippen molar-refractivity contribution in [1.29, 1.82) is 0 Å². The number of rotatable bonds is 5. The predicted molar refractivity (Wildman–Crippen MR) is 66.5 cm³/mol. The van der Waals surface area contributed by atoms with Crippen molar-refractivity contribution in [3.63, 3.8) is 0 Å². The molecule has 0 aliphatic rings. The van der Waals surface area contributed by atoms with Crippen LogP contribution in [0.4, 0.5) is 0 Å². The highest BCUT2D eigenvalue weighted by atomic mass is 16.4. The van der Waals surface area contributed by atoms with Gasteiger partial charge in [0.15, 0.2) is 0 Å². The van der Waals surface area contributed by atoms with E-state index in [0.717, 1.165) is 6.42 Å². The molecular formula is C12H24N2O3. The molecule has 0 aromatic rings. The minimum Gasteiger partial charge on any atom is -0.480 e. The van der Waals surface area contributed by atoms with Crippen molar-refractivity contribution in [1.82, 2.24) is 5.32 Å². The van der Waals surface area contributed by atoms with Gasteiger partial charge in [0, 0.05) is 0 Å². The lowest BCUT2D eigenvalue weighted by atomic mass is 9.86. The van der Waals surface area contributed by atoms with Crippen LogP contribution in [0, 0.1) is 11.3 Å². The zero-order chi connectivity index (χ0) is 13.8. The van der Waals surface area contributed by atoms with Gasteiger partial charge in [0.2, 0.25) is 5.91 Å². The van der Waals surface area contributed by atoms with E-state index in [1.807, 2.05) is 13.8 Å². The van der Waals surface area contributed by atoms with Crippen molar-refractivity contribution in [2.24, 2.45) is 17.1 Å². The molecule has 5 heteroatoms. The van der Waals surface area contributed by atoms with Crippen LogP contribution >= 0.6 is 0 Å². The molecule has 0 heterocycles. The summed E-state index contributed by atoms with van der Waals surface area (Å²) in [5.41, 5.74) is 5.21. The Kier molecular flexibility index (Phi) is 5.61. The molecule has 0 aliphatic heterocycles. The van der Waals surface area contributed by atoms with Gasteiger partial charge in [-0.2, -0.15) is 0 Å². The molecule has 0 saturated carbocycles. The fourth-order valence-corrected chi connectivity index (χ4v) is 1.40. The van der Waals surface area contributed by atoms with E-state index in [1.54, 1.807) is 20.8 Å². The van der Waals surface area contributed by atoms with Gasteiger partial charge in [0.25, 0.3) is 0 Å². The van der Waals surface area contributed by atoms with Gasteiger partial charge in [-0.1, -0.05) is 41.0 Å². The molecule has 100 valence electrons. The number of carboxylic acid groups (broad SMARTS) is 1. The van der Waals surface area contributed by atoms with Crippen molar-refractivity contribution >= 4 is 11.9 Å². The minimum absolute atomic E-state index is 0.0319. The minimum atomic E-state index is -1.04. The maximum atomic E-state index is 11.8. The molecular weight excluding hydrogens is 220 g/mol. The van der Waals surface area contributed by atoms with E-state index in [9.17, 15) is 9.59 Å². The zero-order valence-corrected chi connectivity index (χ0v) is 11.3. The molecule has 17 heavy (non-hydrogen) atoms. The Bertz CT molecular complexity index is 284. The summed E-state index contributed by atoms with van der Waals surface area (Å²) >= 11 is 0. The summed E-state index contributed by atoms with van der Waals surface area (Å²) in [5.74, 6) is -1.41. The average Bonchev–Trinajstić information content (AvgIpc) is 2.21. The van der Waals surface area contributed by atoms with Gasteiger partial charge in [-0.25, -0.2) is 4.79 Å². The number of carbonyl (C=O) groups excluding carboxylic acids is 1. The number of carbonyl (C=O) groups is 2. The SMILES string of the molecule is CC[C@H](C)[C@H](N)C(=O)N[C@H](C(=O)O)C(C)(C)C. The normalized spacial score (nSPS) is 17.1. The Morgan fingerprint density at radius 2 is 1.82 bits per heavy atom. The molecule has 0 bridgehead atoms. The van der Waals surface area contributed by atoms with Crippen LogP contribution < -0.4 is 11.1 Å². The smallest absolute Gasteiger partial charge is 0.326 e. The van der Waals surface area contributed by atoms with Crippen LogP contribution in [0.25, 0.3) is 0 Å². The van der Waals surface area contributed by atoms with E-state index < -0.39 is 29.4 Å². The Balaban J connectivity index is 4.69. The molecule has 4 N–H and O–H groups in total. The Labute approximate surface area is 103 Å². The first kappa shape index (κ1) is 15.9. The Morgan fingerprint density at radius 1 is 1.35 bits per heavy atom. The van der Waals surface area contributed by atoms with Crippen LogP contribution in [0.2, 0.25) is 0 Å². The second-order valence-electron chi connectivity index (χ2n) is 5.56. The lowest BCUT2D eigenvalue weighted by Crippen LogP contribution is -2.55. The number of nitrogens with one attached hydrogen (secondary N) is 1. The van der Waals surface area contributed by atoms with Crippen LogP contribution in [-0.4, -0.2) is 29.1 Å². The van der Waals surface area contributed by atoms with Crippen LogP contribution in [0.5, 0.6) is 0 Å². The van der Waals surface area contributed by atoms with Gasteiger partial charge in [0.05, 0.1) is 6.04 Å². The Morgan fingerprint density at radius 3 is 2.12 bits per heavy atom. The van der Waals surface area contributed by atoms with E-state index in [4.69, 9.17) is 10.8 Å². The molecule has 0 fully saturated rings. The van der Waals surface area contributed by atoms with E-state index in [1.165, 1.54) is 0 Å². The van der Waals surface area contributed by atoms with E-state index in [-0.39, 0.29) is 5.92 Å². The summed E-state index contributed by atoms with van der Waals surface area (Å²) in [7, 11) is 0. The first-order valence-corrected chi connectivity index (χ1v) is 5.90. The van der Waals surface area contributed by atoms with E-state index in [2.05, 4.69) is 5.32 Å². The summed E-state index contributed by atoms with van der Waals surface area (Å²) in [5, 5.41) is 11.6. The number of hydrogen-bond acceptors (Lipinski definition) is 3. The fourth-order valence-electron chi connectivity index (χ4n) is 1.40. The lowest BCUT2D eigenvalue weighted by Gasteiger charge is -2.29. The molecule has 0 saturated heterocycles. The van der Waals surface area contributed by atoms with Crippen molar-refractivity contribution in [2.45, 2.75) is 53.1 Å². The molecule has 0 unspecified atom stereocenters. The van der Waals surface area contributed by atoms with E-state index >= 15 is 0 Å². The highest BCUT2D eigenvalue weighted by Crippen LogP contribution is 2.19.